The molecule has 0 saturated carbocycles. The largest absolute Gasteiger partial charge is 0.490 e. The Balaban J connectivity index is 2.20. The van der Waals surface area contributed by atoms with Crippen LogP contribution >= 0.6 is 0 Å². The van der Waals surface area contributed by atoms with E-state index in [2.05, 4.69) is 0 Å². The molecule has 1 saturated heterocycles. The molecule has 0 amide bonds. The molecule has 1 aliphatic carbocycles. The molecule has 2 aliphatic heterocycles. The highest BCUT2D eigenvalue weighted by molar-refractivity contribution is 5.89. The molecular weight excluding hydrogens is 428 g/mol. The lowest BCUT2D eigenvalue weighted by Crippen LogP contribution is -2.46. The molecule has 0 aromatic rings. The van der Waals surface area contributed by atoms with Crippen LogP contribution in [-0.4, -0.2) is 47.4 Å². The van der Waals surface area contributed by atoms with Crippen molar-refractivity contribution in [1.29, 1.82) is 0 Å². The zero-order chi connectivity index (χ0) is 24.7. The van der Waals surface area contributed by atoms with Gasteiger partial charge in [-0.3, -0.25) is 9.59 Å². The van der Waals surface area contributed by atoms with Crippen molar-refractivity contribution < 1.29 is 38.4 Å². The summed E-state index contributed by atoms with van der Waals surface area (Å²) in [4.78, 5) is 37.0. The van der Waals surface area contributed by atoms with Gasteiger partial charge in [0.15, 0.2) is 11.7 Å². The van der Waals surface area contributed by atoms with Crippen LogP contribution in [0.1, 0.15) is 67.2 Å². The fraction of sp³-hybridized carbons (Fsp3) is 0.640. The number of allylic oxidation sites excluding steroid dienone is 2. The highest BCUT2D eigenvalue weighted by atomic mass is 16.6. The van der Waals surface area contributed by atoms with Gasteiger partial charge in [0, 0.05) is 12.8 Å². The highest BCUT2D eigenvalue weighted by Crippen LogP contribution is 2.47. The van der Waals surface area contributed by atoms with Crippen LogP contribution in [0.4, 0.5) is 0 Å². The molecule has 182 valence electrons. The molecule has 2 heterocycles. The second-order valence-electron chi connectivity index (χ2n) is 9.76. The number of hydrogen-bond donors (Lipinski definition) is 1. The van der Waals surface area contributed by atoms with E-state index in [0.717, 1.165) is 5.57 Å². The van der Waals surface area contributed by atoms with Crippen molar-refractivity contribution in [3.05, 3.63) is 34.3 Å². The maximum absolute atomic E-state index is 12.8. The molecule has 0 spiro atoms. The van der Waals surface area contributed by atoms with Crippen LogP contribution in [0.3, 0.4) is 0 Å². The number of carbonyl (C=O) groups excluding carboxylic acids is 3. The van der Waals surface area contributed by atoms with Gasteiger partial charge in [0.1, 0.15) is 11.4 Å². The first-order chi connectivity index (χ1) is 15.3. The lowest BCUT2D eigenvalue weighted by Gasteiger charge is -2.43. The predicted molar refractivity (Wildman–Crippen MR) is 118 cm³/mol. The topological polar surface area (TPSA) is 108 Å². The Morgan fingerprint density at radius 1 is 1.27 bits per heavy atom. The molecule has 1 fully saturated rings. The fourth-order valence-electron chi connectivity index (χ4n) is 5.30. The second-order valence-corrected chi connectivity index (χ2v) is 9.76. The van der Waals surface area contributed by atoms with Crippen LogP contribution in [0.25, 0.3) is 0 Å². The first-order valence-electron chi connectivity index (χ1n) is 11.3. The summed E-state index contributed by atoms with van der Waals surface area (Å²) in [6.07, 6.45) is 1.80. The zero-order valence-electron chi connectivity index (χ0n) is 20.4. The number of methoxy groups -OCH3 is 1. The monoisotopic (exact) mass is 462 g/mol. The SMILES string of the molecule is COC1=C(C(C)C)[C@H]2C/C=C(/C)[C@H](OC(C)=O)[C@@]3(O)CC(=O)O/C3=C(\C)CC[C@@]2(C)OC1=O. The van der Waals surface area contributed by atoms with Crippen molar-refractivity contribution >= 4 is 17.9 Å². The summed E-state index contributed by atoms with van der Waals surface area (Å²) in [5.41, 5.74) is -0.550. The third-order valence-electron chi connectivity index (χ3n) is 6.93. The van der Waals surface area contributed by atoms with Crippen LogP contribution < -0.4 is 0 Å². The number of fused-ring (bicyclic) bond motifs is 2. The summed E-state index contributed by atoms with van der Waals surface area (Å²) < 4.78 is 22.4. The van der Waals surface area contributed by atoms with Gasteiger partial charge in [0.05, 0.1) is 13.5 Å². The maximum Gasteiger partial charge on any atom is 0.374 e. The van der Waals surface area contributed by atoms with Gasteiger partial charge in [0.25, 0.3) is 0 Å². The van der Waals surface area contributed by atoms with E-state index in [4.69, 9.17) is 18.9 Å². The van der Waals surface area contributed by atoms with Crippen LogP contribution in [0.5, 0.6) is 0 Å². The molecule has 3 aliphatic rings. The van der Waals surface area contributed by atoms with Crippen molar-refractivity contribution in [1.82, 2.24) is 0 Å². The fourth-order valence-corrected chi connectivity index (χ4v) is 5.30. The quantitative estimate of drug-likeness (QED) is 0.386. The second kappa shape index (κ2) is 8.97. The maximum atomic E-state index is 12.8. The molecular formula is C25H34O8. The van der Waals surface area contributed by atoms with Gasteiger partial charge in [0.2, 0.25) is 5.76 Å². The Morgan fingerprint density at radius 3 is 2.52 bits per heavy atom. The molecule has 3 rings (SSSR count). The van der Waals surface area contributed by atoms with Crippen molar-refractivity contribution in [2.24, 2.45) is 11.8 Å². The van der Waals surface area contributed by atoms with Gasteiger partial charge in [-0.15, -0.1) is 0 Å². The van der Waals surface area contributed by atoms with E-state index in [0.29, 0.717) is 30.4 Å². The van der Waals surface area contributed by atoms with Crippen molar-refractivity contribution in [2.45, 2.75) is 84.5 Å². The lowest BCUT2D eigenvalue weighted by molar-refractivity contribution is -0.167. The van der Waals surface area contributed by atoms with E-state index in [1.54, 1.807) is 13.8 Å². The molecule has 0 aromatic carbocycles. The predicted octanol–water partition coefficient (Wildman–Crippen LogP) is 3.49. The number of rotatable bonds is 3. The number of carbonyl (C=O) groups is 3. The van der Waals surface area contributed by atoms with Gasteiger partial charge >= 0.3 is 17.9 Å². The molecule has 4 atom stereocenters. The molecule has 33 heavy (non-hydrogen) atoms. The number of esters is 3. The molecule has 0 aromatic heterocycles. The van der Waals surface area contributed by atoms with Gasteiger partial charge in [-0.1, -0.05) is 19.9 Å². The van der Waals surface area contributed by atoms with Crippen LogP contribution in [0.2, 0.25) is 0 Å². The molecule has 8 heteroatoms. The van der Waals surface area contributed by atoms with E-state index in [1.165, 1.54) is 14.0 Å². The standard InChI is InChI=1S/C25H34O8/c1-13(2)19-17-9-8-14(3)21(31-16(5)26)25(29)12-18(27)32-22(25)15(4)10-11-24(17,6)33-23(28)20(19)30-7/h8,13,17,21,29H,9-12H2,1-7H3/b14-8-,22-15+/t17-,21+,24-,25+/m1/s1. The summed E-state index contributed by atoms with van der Waals surface area (Å²) in [7, 11) is 1.46. The van der Waals surface area contributed by atoms with Gasteiger partial charge in [-0.05, 0) is 62.7 Å². The highest BCUT2D eigenvalue weighted by Gasteiger charge is 2.54. The van der Waals surface area contributed by atoms with Gasteiger partial charge in [-0.2, -0.15) is 0 Å². The Bertz CT molecular complexity index is 955. The summed E-state index contributed by atoms with van der Waals surface area (Å²) in [5.74, 6) is -1.49. The Morgan fingerprint density at radius 2 is 1.94 bits per heavy atom. The molecule has 0 radical (unpaired) electrons. The minimum Gasteiger partial charge on any atom is -0.490 e. The van der Waals surface area contributed by atoms with E-state index in [1.807, 2.05) is 26.8 Å². The minimum absolute atomic E-state index is 0.0317. The Labute approximate surface area is 194 Å². The lowest BCUT2D eigenvalue weighted by atomic mass is 9.72. The van der Waals surface area contributed by atoms with Crippen molar-refractivity contribution in [3.8, 4) is 0 Å². The third kappa shape index (κ3) is 4.45. The average Bonchev–Trinajstić information content (AvgIpc) is 3.02. The van der Waals surface area contributed by atoms with E-state index in [9.17, 15) is 19.5 Å². The Hall–Kier alpha value is -2.61. The molecule has 0 unspecified atom stereocenters. The van der Waals surface area contributed by atoms with E-state index < -0.39 is 35.2 Å². The van der Waals surface area contributed by atoms with E-state index in [-0.39, 0.29) is 29.8 Å². The smallest absolute Gasteiger partial charge is 0.374 e. The minimum atomic E-state index is -1.80. The van der Waals surface area contributed by atoms with Gasteiger partial charge in [-0.25, -0.2) is 4.79 Å². The van der Waals surface area contributed by atoms with Crippen LogP contribution in [0.15, 0.2) is 34.3 Å². The summed E-state index contributed by atoms with van der Waals surface area (Å²) in [6.45, 7) is 10.7. The molecule has 1 N–H and O–H groups in total. The number of ether oxygens (including phenoxy) is 4. The Kier molecular flexibility index (Phi) is 6.80. The average molecular weight is 463 g/mol. The van der Waals surface area contributed by atoms with E-state index >= 15 is 0 Å². The zero-order valence-corrected chi connectivity index (χ0v) is 20.4. The van der Waals surface area contributed by atoms with Crippen LogP contribution in [0, 0.1) is 11.8 Å². The normalized spacial score (nSPS) is 36.7. The first-order valence-corrected chi connectivity index (χ1v) is 11.3. The molecule has 0 bridgehead atoms. The summed E-state index contributed by atoms with van der Waals surface area (Å²) >= 11 is 0. The third-order valence-corrected chi connectivity index (χ3v) is 6.93. The summed E-state index contributed by atoms with van der Waals surface area (Å²) in [6, 6.07) is 0. The first kappa shape index (κ1) is 25.0. The van der Waals surface area contributed by atoms with Crippen molar-refractivity contribution in [3.63, 3.8) is 0 Å². The molecule has 8 nitrogen and oxygen atoms in total. The number of hydrogen-bond acceptors (Lipinski definition) is 8. The van der Waals surface area contributed by atoms with Crippen molar-refractivity contribution in [2.75, 3.05) is 7.11 Å². The van der Waals surface area contributed by atoms with Crippen LogP contribution in [-0.2, 0) is 33.3 Å². The van der Waals surface area contributed by atoms with Gasteiger partial charge < -0.3 is 24.1 Å². The summed E-state index contributed by atoms with van der Waals surface area (Å²) in [5, 5.41) is 11.6. The number of aliphatic hydroxyl groups is 1.